The van der Waals surface area contributed by atoms with E-state index in [4.69, 9.17) is 5.73 Å². The van der Waals surface area contributed by atoms with Gasteiger partial charge in [0, 0.05) is 14.1 Å². The number of nitrogens with zero attached hydrogens (tertiary/aromatic N) is 2. The van der Waals surface area contributed by atoms with Crippen LogP contribution in [0, 0.1) is 0 Å². The predicted molar refractivity (Wildman–Crippen MR) is 58.6 cm³/mol. The van der Waals surface area contributed by atoms with Crippen molar-refractivity contribution in [3.63, 3.8) is 0 Å². The number of carbonyl (C=O) groups is 2. The summed E-state index contributed by atoms with van der Waals surface area (Å²) in [6, 6.07) is -0.600. The number of rotatable bonds is 3. The second kappa shape index (κ2) is 4.65. The predicted octanol–water partition coefficient (Wildman–Crippen LogP) is -0.802. The number of hydrogen-bond acceptors (Lipinski definition) is 4. The average Bonchev–Trinajstić information content (AvgIpc) is 2.62. The molecular weight excluding hydrogens is 210 g/mol. The van der Waals surface area contributed by atoms with E-state index in [1.165, 1.54) is 11.1 Å². The minimum atomic E-state index is -0.600. The molecule has 0 aromatic carbocycles. The standard InChI is InChI=1S/C9H15N5O2/c1-5(9(16)14(2)3)12-8(15)6-4-11-13-7(6)10/h4-5H,1-3H3,(H,12,15)(H3,10,11,13). The minimum absolute atomic E-state index is 0.182. The summed E-state index contributed by atoms with van der Waals surface area (Å²) in [5.74, 6) is -0.425. The summed E-state index contributed by atoms with van der Waals surface area (Å²) >= 11 is 0. The zero-order valence-corrected chi connectivity index (χ0v) is 9.44. The van der Waals surface area contributed by atoms with Crippen LogP contribution in [0.15, 0.2) is 6.20 Å². The van der Waals surface area contributed by atoms with Gasteiger partial charge in [0.2, 0.25) is 5.91 Å². The number of aromatic nitrogens is 2. The molecule has 7 heteroatoms. The molecule has 0 saturated carbocycles. The molecule has 4 N–H and O–H groups in total. The van der Waals surface area contributed by atoms with Crippen LogP contribution in [-0.4, -0.2) is 47.0 Å². The van der Waals surface area contributed by atoms with Crippen LogP contribution in [0.4, 0.5) is 5.82 Å². The molecule has 1 atom stereocenters. The molecule has 0 saturated heterocycles. The third-order valence-corrected chi connectivity index (χ3v) is 2.07. The van der Waals surface area contributed by atoms with Crippen molar-refractivity contribution in [2.24, 2.45) is 0 Å². The second-order valence-corrected chi connectivity index (χ2v) is 3.63. The Hall–Kier alpha value is -2.05. The lowest BCUT2D eigenvalue weighted by Gasteiger charge is -2.17. The zero-order valence-electron chi connectivity index (χ0n) is 9.44. The summed E-state index contributed by atoms with van der Waals surface area (Å²) in [6.07, 6.45) is 1.32. The number of nitrogens with two attached hydrogens (primary N) is 1. The first kappa shape index (κ1) is 12.0. The Morgan fingerprint density at radius 2 is 2.19 bits per heavy atom. The zero-order chi connectivity index (χ0) is 12.3. The molecular formula is C9H15N5O2. The third kappa shape index (κ3) is 2.50. The lowest BCUT2D eigenvalue weighted by Crippen LogP contribution is -2.44. The lowest BCUT2D eigenvalue weighted by molar-refractivity contribution is -0.130. The smallest absolute Gasteiger partial charge is 0.257 e. The van der Waals surface area contributed by atoms with Crippen LogP contribution in [0.3, 0.4) is 0 Å². The molecule has 0 aliphatic rings. The highest BCUT2D eigenvalue weighted by molar-refractivity contribution is 6.00. The van der Waals surface area contributed by atoms with E-state index in [0.717, 1.165) is 0 Å². The number of H-pyrrole nitrogens is 1. The molecule has 1 unspecified atom stereocenters. The topological polar surface area (TPSA) is 104 Å². The molecule has 1 aromatic rings. The van der Waals surface area contributed by atoms with Crippen molar-refractivity contribution in [3.05, 3.63) is 11.8 Å². The monoisotopic (exact) mass is 225 g/mol. The number of amides is 2. The molecule has 1 aromatic heterocycles. The number of nitrogen functional groups attached to an aromatic ring is 1. The number of aromatic amines is 1. The van der Waals surface area contributed by atoms with E-state index < -0.39 is 11.9 Å². The molecule has 0 aliphatic carbocycles. The van der Waals surface area contributed by atoms with Gasteiger partial charge in [-0.2, -0.15) is 5.10 Å². The summed E-state index contributed by atoms with van der Waals surface area (Å²) in [5.41, 5.74) is 5.71. The van der Waals surface area contributed by atoms with Gasteiger partial charge in [-0.15, -0.1) is 0 Å². The van der Waals surface area contributed by atoms with E-state index in [0.29, 0.717) is 0 Å². The molecule has 0 bridgehead atoms. The maximum absolute atomic E-state index is 11.6. The third-order valence-electron chi connectivity index (χ3n) is 2.07. The molecule has 2 amide bonds. The maximum Gasteiger partial charge on any atom is 0.257 e. The molecule has 0 aliphatic heterocycles. The van der Waals surface area contributed by atoms with Crippen molar-refractivity contribution in [1.82, 2.24) is 20.4 Å². The van der Waals surface area contributed by atoms with Gasteiger partial charge >= 0.3 is 0 Å². The number of likely N-dealkylation sites (N-methyl/N-ethyl adjacent to an activating group) is 1. The highest BCUT2D eigenvalue weighted by Gasteiger charge is 2.19. The van der Waals surface area contributed by atoms with Gasteiger partial charge in [0.05, 0.1) is 6.20 Å². The first-order chi connectivity index (χ1) is 7.43. The molecule has 1 rings (SSSR count). The van der Waals surface area contributed by atoms with Gasteiger partial charge in [-0.3, -0.25) is 14.7 Å². The van der Waals surface area contributed by atoms with Crippen molar-refractivity contribution >= 4 is 17.6 Å². The fourth-order valence-corrected chi connectivity index (χ4v) is 1.20. The van der Waals surface area contributed by atoms with E-state index in [9.17, 15) is 9.59 Å². The van der Waals surface area contributed by atoms with Crippen molar-refractivity contribution < 1.29 is 9.59 Å². The largest absolute Gasteiger partial charge is 0.383 e. The molecule has 1 heterocycles. The van der Waals surface area contributed by atoms with Crippen LogP contribution in [0.5, 0.6) is 0 Å². The Morgan fingerprint density at radius 1 is 1.56 bits per heavy atom. The van der Waals surface area contributed by atoms with Gasteiger partial charge in [-0.1, -0.05) is 0 Å². The first-order valence-electron chi connectivity index (χ1n) is 4.74. The molecule has 88 valence electrons. The Bertz CT molecular complexity index is 398. The normalized spacial score (nSPS) is 11.9. The summed E-state index contributed by atoms with van der Waals surface area (Å²) in [6.45, 7) is 1.61. The van der Waals surface area contributed by atoms with Gasteiger partial charge in [-0.05, 0) is 6.92 Å². The SMILES string of the molecule is CC(NC(=O)c1cn[nH]c1N)C(=O)N(C)C. The lowest BCUT2D eigenvalue weighted by atomic mass is 10.2. The Morgan fingerprint density at radius 3 is 2.62 bits per heavy atom. The number of nitrogens with one attached hydrogen (secondary N) is 2. The Balaban J connectivity index is 2.66. The molecule has 0 radical (unpaired) electrons. The summed E-state index contributed by atoms with van der Waals surface area (Å²) in [4.78, 5) is 24.5. The highest BCUT2D eigenvalue weighted by atomic mass is 16.2. The fourth-order valence-electron chi connectivity index (χ4n) is 1.20. The van der Waals surface area contributed by atoms with E-state index in [1.54, 1.807) is 21.0 Å². The van der Waals surface area contributed by atoms with E-state index in [1.807, 2.05) is 0 Å². The van der Waals surface area contributed by atoms with Crippen molar-refractivity contribution in [3.8, 4) is 0 Å². The second-order valence-electron chi connectivity index (χ2n) is 3.63. The molecule has 7 nitrogen and oxygen atoms in total. The Labute approximate surface area is 93.0 Å². The van der Waals surface area contributed by atoms with Crippen LogP contribution < -0.4 is 11.1 Å². The first-order valence-corrected chi connectivity index (χ1v) is 4.74. The van der Waals surface area contributed by atoms with Gasteiger partial charge in [0.15, 0.2) is 0 Å². The summed E-state index contributed by atoms with van der Waals surface area (Å²) in [5, 5.41) is 8.60. The minimum Gasteiger partial charge on any atom is -0.383 e. The van der Waals surface area contributed by atoms with Gasteiger partial charge in [-0.25, -0.2) is 0 Å². The number of carbonyl (C=O) groups excluding carboxylic acids is 2. The van der Waals surface area contributed by atoms with Gasteiger partial charge < -0.3 is 16.0 Å². The fraction of sp³-hybridized carbons (Fsp3) is 0.444. The average molecular weight is 225 g/mol. The summed E-state index contributed by atoms with van der Waals surface area (Å²) < 4.78 is 0. The van der Waals surface area contributed by atoms with E-state index in [2.05, 4.69) is 15.5 Å². The van der Waals surface area contributed by atoms with E-state index in [-0.39, 0.29) is 17.3 Å². The van der Waals surface area contributed by atoms with Crippen LogP contribution in [0.1, 0.15) is 17.3 Å². The van der Waals surface area contributed by atoms with Crippen LogP contribution >= 0.6 is 0 Å². The number of anilines is 1. The Kier molecular flexibility index (Phi) is 3.49. The van der Waals surface area contributed by atoms with Gasteiger partial charge in [0.25, 0.3) is 5.91 Å². The van der Waals surface area contributed by atoms with Crippen molar-refractivity contribution in [1.29, 1.82) is 0 Å². The molecule has 16 heavy (non-hydrogen) atoms. The molecule has 0 spiro atoms. The quantitative estimate of drug-likeness (QED) is 0.626. The molecule has 0 fully saturated rings. The van der Waals surface area contributed by atoms with Crippen LogP contribution in [0.2, 0.25) is 0 Å². The van der Waals surface area contributed by atoms with E-state index >= 15 is 0 Å². The van der Waals surface area contributed by atoms with Crippen LogP contribution in [0.25, 0.3) is 0 Å². The number of hydrogen-bond donors (Lipinski definition) is 3. The maximum atomic E-state index is 11.6. The van der Waals surface area contributed by atoms with Gasteiger partial charge in [0.1, 0.15) is 17.4 Å². The van der Waals surface area contributed by atoms with Crippen LogP contribution in [-0.2, 0) is 4.79 Å². The van der Waals surface area contributed by atoms with Crippen molar-refractivity contribution in [2.75, 3.05) is 19.8 Å². The highest BCUT2D eigenvalue weighted by Crippen LogP contribution is 2.05. The van der Waals surface area contributed by atoms with Crippen molar-refractivity contribution in [2.45, 2.75) is 13.0 Å². The summed E-state index contributed by atoms with van der Waals surface area (Å²) in [7, 11) is 3.24.